The van der Waals surface area contributed by atoms with Gasteiger partial charge in [0.05, 0.1) is 12.1 Å². The van der Waals surface area contributed by atoms with Crippen molar-refractivity contribution in [2.75, 3.05) is 7.05 Å². The maximum atomic E-state index is 10.9. The van der Waals surface area contributed by atoms with Gasteiger partial charge >= 0.3 is 6.03 Å². The van der Waals surface area contributed by atoms with Crippen LogP contribution in [0.3, 0.4) is 0 Å². The SMILES string of the molecule is C[C@@H]([C@H](O)c1ccccc1)N(C)C(N)=O. The minimum atomic E-state index is -0.719. The van der Waals surface area contributed by atoms with Crippen molar-refractivity contribution in [2.24, 2.45) is 5.73 Å². The Hall–Kier alpha value is -1.55. The van der Waals surface area contributed by atoms with Gasteiger partial charge in [-0.3, -0.25) is 0 Å². The van der Waals surface area contributed by atoms with E-state index in [0.29, 0.717) is 0 Å². The number of urea groups is 1. The van der Waals surface area contributed by atoms with Crippen molar-refractivity contribution in [3.05, 3.63) is 35.9 Å². The van der Waals surface area contributed by atoms with Crippen LogP contribution in [-0.4, -0.2) is 29.1 Å². The number of carbonyl (C=O) groups excluding carboxylic acids is 1. The summed E-state index contributed by atoms with van der Waals surface area (Å²) in [5.74, 6) is 0. The molecule has 0 aliphatic rings. The van der Waals surface area contributed by atoms with Crippen LogP contribution in [0, 0.1) is 0 Å². The largest absolute Gasteiger partial charge is 0.386 e. The molecular weight excluding hydrogens is 192 g/mol. The highest BCUT2D eigenvalue weighted by Gasteiger charge is 2.22. The zero-order valence-electron chi connectivity index (χ0n) is 8.92. The van der Waals surface area contributed by atoms with Crippen LogP contribution in [0.4, 0.5) is 4.79 Å². The molecule has 1 aromatic carbocycles. The van der Waals surface area contributed by atoms with E-state index in [1.54, 1.807) is 14.0 Å². The number of nitrogens with zero attached hydrogens (tertiary/aromatic N) is 1. The number of nitrogens with two attached hydrogens (primary N) is 1. The molecular formula is C11H16N2O2. The molecule has 3 N–H and O–H groups in total. The summed E-state index contributed by atoms with van der Waals surface area (Å²) in [4.78, 5) is 12.2. The van der Waals surface area contributed by atoms with Crippen LogP contribution in [0.25, 0.3) is 0 Å². The lowest BCUT2D eigenvalue weighted by molar-refractivity contribution is 0.0882. The molecule has 1 aromatic rings. The van der Waals surface area contributed by atoms with Crippen molar-refractivity contribution in [2.45, 2.75) is 19.1 Å². The molecule has 15 heavy (non-hydrogen) atoms. The quantitative estimate of drug-likeness (QED) is 0.781. The molecule has 0 aromatic heterocycles. The first-order valence-corrected chi connectivity index (χ1v) is 4.79. The summed E-state index contributed by atoms with van der Waals surface area (Å²) in [6, 6.07) is 8.30. The fourth-order valence-corrected chi connectivity index (χ4v) is 1.34. The highest BCUT2D eigenvalue weighted by atomic mass is 16.3. The fraction of sp³-hybridized carbons (Fsp3) is 0.364. The topological polar surface area (TPSA) is 66.6 Å². The van der Waals surface area contributed by atoms with Crippen LogP contribution >= 0.6 is 0 Å². The van der Waals surface area contributed by atoms with Gasteiger partial charge in [-0.1, -0.05) is 30.3 Å². The number of hydrogen-bond donors (Lipinski definition) is 2. The summed E-state index contributed by atoms with van der Waals surface area (Å²) in [7, 11) is 1.57. The number of likely N-dealkylation sites (N-methyl/N-ethyl adjacent to an activating group) is 1. The van der Waals surface area contributed by atoms with Gasteiger partial charge < -0.3 is 15.7 Å². The Morgan fingerprint density at radius 3 is 2.40 bits per heavy atom. The van der Waals surface area contributed by atoms with E-state index in [4.69, 9.17) is 5.73 Å². The fourth-order valence-electron chi connectivity index (χ4n) is 1.34. The highest BCUT2D eigenvalue weighted by Crippen LogP contribution is 2.19. The maximum Gasteiger partial charge on any atom is 0.314 e. The molecule has 0 aliphatic heterocycles. The number of hydrogen-bond acceptors (Lipinski definition) is 2. The molecule has 2 atom stereocenters. The third-order valence-corrected chi connectivity index (χ3v) is 2.56. The monoisotopic (exact) mass is 208 g/mol. The van der Waals surface area contributed by atoms with Crippen LogP contribution in [-0.2, 0) is 0 Å². The molecule has 0 heterocycles. The van der Waals surface area contributed by atoms with Gasteiger partial charge in [-0.25, -0.2) is 4.79 Å². The number of aliphatic hydroxyl groups excluding tert-OH is 1. The molecule has 4 heteroatoms. The first-order valence-electron chi connectivity index (χ1n) is 4.79. The standard InChI is InChI=1S/C11H16N2O2/c1-8(13(2)11(12)15)10(14)9-6-4-3-5-7-9/h3-8,10,14H,1-2H3,(H2,12,15)/t8-,10-/m0/s1. The molecule has 0 aliphatic carbocycles. The second-order valence-corrected chi connectivity index (χ2v) is 3.55. The summed E-state index contributed by atoms with van der Waals surface area (Å²) >= 11 is 0. The lowest BCUT2D eigenvalue weighted by Gasteiger charge is -2.27. The maximum absolute atomic E-state index is 10.9. The Kier molecular flexibility index (Phi) is 3.68. The van der Waals surface area contributed by atoms with Gasteiger partial charge in [0.15, 0.2) is 0 Å². The number of primary amides is 1. The van der Waals surface area contributed by atoms with Crippen LogP contribution in [0.1, 0.15) is 18.6 Å². The number of amides is 2. The Morgan fingerprint density at radius 1 is 1.40 bits per heavy atom. The predicted octanol–water partition coefficient (Wildman–Crippen LogP) is 1.12. The van der Waals surface area contributed by atoms with E-state index in [-0.39, 0.29) is 6.04 Å². The van der Waals surface area contributed by atoms with E-state index in [1.807, 2.05) is 30.3 Å². The molecule has 0 unspecified atom stereocenters. The van der Waals surface area contributed by atoms with Crippen molar-refractivity contribution in [1.82, 2.24) is 4.90 Å². The highest BCUT2D eigenvalue weighted by molar-refractivity contribution is 5.72. The predicted molar refractivity (Wildman–Crippen MR) is 58.2 cm³/mol. The van der Waals surface area contributed by atoms with E-state index in [9.17, 15) is 9.90 Å². The molecule has 0 spiro atoms. The van der Waals surface area contributed by atoms with Gasteiger partial charge in [0, 0.05) is 7.05 Å². The lowest BCUT2D eigenvalue weighted by atomic mass is 10.0. The van der Waals surface area contributed by atoms with Gasteiger partial charge in [0.1, 0.15) is 0 Å². The van der Waals surface area contributed by atoms with Crippen molar-refractivity contribution < 1.29 is 9.90 Å². The van der Waals surface area contributed by atoms with Gasteiger partial charge in [-0.15, -0.1) is 0 Å². The summed E-state index contributed by atoms with van der Waals surface area (Å²) in [5, 5.41) is 9.96. The van der Waals surface area contributed by atoms with Crippen LogP contribution < -0.4 is 5.73 Å². The van der Waals surface area contributed by atoms with Crippen molar-refractivity contribution in [3.8, 4) is 0 Å². The summed E-state index contributed by atoms with van der Waals surface area (Å²) < 4.78 is 0. The van der Waals surface area contributed by atoms with Crippen molar-refractivity contribution in [1.29, 1.82) is 0 Å². The van der Waals surface area contributed by atoms with E-state index in [2.05, 4.69) is 0 Å². The van der Waals surface area contributed by atoms with E-state index < -0.39 is 12.1 Å². The van der Waals surface area contributed by atoms with Crippen LogP contribution in [0.15, 0.2) is 30.3 Å². The smallest absolute Gasteiger partial charge is 0.314 e. The minimum Gasteiger partial charge on any atom is -0.386 e. The first kappa shape index (κ1) is 11.5. The van der Waals surface area contributed by atoms with Crippen LogP contribution in [0.5, 0.6) is 0 Å². The third kappa shape index (κ3) is 2.70. The third-order valence-electron chi connectivity index (χ3n) is 2.56. The Bertz CT molecular complexity index is 327. The van der Waals surface area contributed by atoms with Crippen molar-refractivity contribution in [3.63, 3.8) is 0 Å². The summed E-state index contributed by atoms with van der Waals surface area (Å²) in [5.41, 5.74) is 5.90. The van der Waals surface area contributed by atoms with Gasteiger partial charge in [-0.05, 0) is 12.5 Å². The summed E-state index contributed by atoms with van der Waals surface area (Å²) in [6.45, 7) is 1.75. The van der Waals surface area contributed by atoms with E-state index >= 15 is 0 Å². The number of rotatable bonds is 3. The number of benzene rings is 1. The van der Waals surface area contributed by atoms with E-state index in [1.165, 1.54) is 4.90 Å². The van der Waals surface area contributed by atoms with Gasteiger partial charge in [-0.2, -0.15) is 0 Å². The van der Waals surface area contributed by atoms with Gasteiger partial charge in [0.25, 0.3) is 0 Å². The molecule has 0 saturated heterocycles. The first-order chi connectivity index (χ1) is 7.04. The normalized spacial score (nSPS) is 14.3. The Balaban J connectivity index is 2.77. The second kappa shape index (κ2) is 4.79. The van der Waals surface area contributed by atoms with Crippen molar-refractivity contribution >= 4 is 6.03 Å². The molecule has 0 radical (unpaired) electrons. The Labute approximate surface area is 89.3 Å². The zero-order valence-corrected chi connectivity index (χ0v) is 8.92. The average Bonchev–Trinajstić information content (AvgIpc) is 2.27. The second-order valence-electron chi connectivity index (χ2n) is 3.55. The number of aliphatic hydroxyl groups is 1. The van der Waals surface area contributed by atoms with Crippen LogP contribution in [0.2, 0.25) is 0 Å². The van der Waals surface area contributed by atoms with E-state index in [0.717, 1.165) is 5.56 Å². The lowest BCUT2D eigenvalue weighted by Crippen LogP contribution is -2.42. The minimum absolute atomic E-state index is 0.343. The molecule has 0 bridgehead atoms. The Morgan fingerprint density at radius 2 is 1.93 bits per heavy atom. The molecule has 0 saturated carbocycles. The molecule has 1 rings (SSSR count). The molecule has 4 nitrogen and oxygen atoms in total. The molecule has 0 fully saturated rings. The number of carbonyl (C=O) groups is 1. The average molecular weight is 208 g/mol. The van der Waals surface area contributed by atoms with Gasteiger partial charge in [0.2, 0.25) is 0 Å². The summed E-state index contributed by atoms with van der Waals surface area (Å²) in [6.07, 6.45) is -0.719. The molecule has 2 amide bonds. The zero-order chi connectivity index (χ0) is 11.4. The molecule has 82 valence electrons.